The number of hydrogen-bond acceptors (Lipinski definition) is 8. The molecular formula is C29H33F4N7O4. The molecule has 3 aromatic heterocycles. The summed E-state index contributed by atoms with van der Waals surface area (Å²) < 4.78 is 73.1. The summed E-state index contributed by atoms with van der Waals surface area (Å²) in [5, 5.41) is 9.03. The number of fused-ring (bicyclic) bond motifs is 1. The molecule has 0 saturated carbocycles. The maximum atomic E-state index is 14.0. The van der Waals surface area contributed by atoms with E-state index in [4.69, 9.17) is 9.47 Å². The number of nitrogens with zero attached hydrogens (tertiary/aromatic N) is 7. The maximum Gasteiger partial charge on any atom is 0.416 e. The number of hydrogen-bond donors (Lipinski definition) is 0. The molecule has 0 spiro atoms. The van der Waals surface area contributed by atoms with E-state index in [0.717, 1.165) is 5.69 Å². The van der Waals surface area contributed by atoms with Crippen LogP contribution in [-0.2, 0) is 18.3 Å². The van der Waals surface area contributed by atoms with Crippen LogP contribution in [-0.4, -0.2) is 68.8 Å². The summed E-state index contributed by atoms with van der Waals surface area (Å²) in [6.45, 7) is 4.45. The molecule has 1 fully saturated rings. The van der Waals surface area contributed by atoms with Crippen molar-refractivity contribution in [2.75, 3.05) is 30.0 Å². The molecule has 15 heteroatoms. The van der Waals surface area contributed by atoms with Crippen molar-refractivity contribution < 1.29 is 36.6 Å². The van der Waals surface area contributed by atoms with Crippen molar-refractivity contribution in [3.63, 3.8) is 0 Å². The lowest BCUT2D eigenvalue weighted by Crippen LogP contribution is -2.56. The molecule has 5 rings (SSSR count). The number of carbonyl (C=O) groups is 1. The van der Waals surface area contributed by atoms with Gasteiger partial charge in [0.2, 0.25) is 0 Å². The summed E-state index contributed by atoms with van der Waals surface area (Å²) in [6, 6.07) is 7.77. The molecule has 1 saturated heterocycles. The standard InChI is InChI=1S/C29H33F4N7O4/c1-16-10-19(37(6)35-16)13-39(27(41)44-28(3,4)5)23-12-22(38-14-29(32,33)15-38)34-25-24(17(2)36-40(23)25)18-8-9-20(42-7)21(11-18)43-26(30)31/h8-12,26H,13-15H2,1-7H3. The number of carbonyl (C=O) groups excluding carboxylic acids is 1. The van der Waals surface area contributed by atoms with E-state index in [1.807, 2.05) is 13.0 Å². The van der Waals surface area contributed by atoms with Gasteiger partial charge in [-0.2, -0.15) is 23.5 Å². The molecule has 1 aliphatic heterocycles. The summed E-state index contributed by atoms with van der Waals surface area (Å²) in [5.41, 5.74) is 2.00. The van der Waals surface area contributed by atoms with Gasteiger partial charge in [-0.15, -0.1) is 0 Å². The van der Waals surface area contributed by atoms with Crippen LogP contribution >= 0.6 is 0 Å². The fourth-order valence-electron chi connectivity index (χ4n) is 5.01. The fourth-order valence-corrected chi connectivity index (χ4v) is 5.01. The molecule has 236 valence electrons. The third-order valence-corrected chi connectivity index (χ3v) is 6.88. The Morgan fingerprint density at radius 1 is 1.09 bits per heavy atom. The van der Waals surface area contributed by atoms with E-state index in [1.165, 1.54) is 39.6 Å². The number of rotatable bonds is 8. The zero-order valence-corrected chi connectivity index (χ0v) is 25.4. The van der Waals surface area contributed by atoms with Crippen LogP contribution in [0.4, 0.5) is 34.0 Å². The van der Waals surface area contributed by atoms with Crippen LogP contribution in [0.2, 0.25) is 0 Å². The van der Waals surface area contributed by atoms with Crippen molar-refractivity contribution in [2.45, 2.75) is 59.3 Å². The van der Waals surface area contributed by atoms with E-state index in [-0.39, 0.29) is 35.3 Å². The van der Waals surface area contributed by atoms with E-state index < -0.39 is 37.3 Å². The predicted molar refractivity (Wildman–Crippen MR) is 154 cm³/mol. The lowest BCUT2D eigenvalue weighted by Gasteiger charge is -2.40. The second-order valence-electron chi connectivity index (χ2n) is 11.6. The molecule has 1 aromatic carbocycles. The lowest BCUT2D eigenvalue weighted by atomic mass is 10.1. The number of halogens is 4. The second kappa shape index (κ2) is 11.2. The fraction of sp³-hybridized carbons (Fsp3) is 0.448. The van der Waals surface area contributed by atoms with Gasteiger partial charge in [-0.25, -0.2) is 18.6 Å². The maximum absolute atomic E-state index is 14.0. The number of ether oxygens (including phenoxy) is 3. The second-order valence-corrected chi connectivity index (χ2v) is 11.6. The van der Waals surface area contributed by atoms with Crippen LogP contribution in [0.3, 0.4) is 0 Å². The molecule has 0 bridgehead atoms. The molecule has 0 radical (unpaired) electrons. The van der Waals surface area contributed by atoms with Crippen LogP contribution in [0.5, 0.6) is 11.5 Å². The van der Waals surface area contributed by atoms with Gasteiger partial charge in [0.25, 0.3) is 5.92 Å². The zero-order chi connectivity index (χ0) is 32.1. The summed E-state index contributed by atoms with van der Waals surface area (Å²) >= 11 is 0. The number of methoxy groups -OCH3 is 1. The van der Waals surface area contributed by atoms with Crippen LogP contribution < -0.4 is 19.3 Å². The topological polar surface area (TPSA) is 99.2 Å². The third-order valence-electron chi connectivity index (χ3n) is 6.88. The average molecular weight is 620 g/mol. The van der Waals surface area contributed by atoms with Gasteiger partial charge in [0.15, 0.2) is 17.1 Å². The highest BCUT2D eigenvalue weighted by atomic mass is 19.3. The average Bonchev–Trinajstić information content (AvgIpc) is 3.40. The highest BCUT2D eigenvalue weighted by Gasteiger charge is 2.45. The molecule has 0 N–H and O–H groups in total. The Bertz CT molecular complexity index is 1710. The van der Waals surface area contributed by atoms with Gasteiger partial charge in [-0.05, 0) is 58.4 Å². The molecule has 0 atom stereocenters. The number of benzene rings is 1. The van der Waals surface area contributed by atoms with Crippen molar-refractivity contribution in [1.29, 1.82) is 0 Å². The molecule has 11 nitrogen and oxygen atoms in total. The van der Waals surface area contributed by atoms with E-state index in [2.05, 4.69) is 19.9 Å². The number of alkyl halides is 4. The first-order valence-electron chi connectivity index (χ1n) is 13.7. The van der Waals surface area contributed by atoms with Crippen molar-refractivity contribution in [2.24, 2.45) is 7.05 Å². The SMILES string of the molecule is COc1ccc(-c2c(C)nn3c(N(Cc4cc(C)nn4C)C(=O)OC(C)(C)C)cc(N4CC(F)(F)C4)nc23)cc1OC(F)F. The van der Waals surface area contributed by atoms with Gasteiger partial charge in [-0.1, -0.05) is 6.07 Å². The lowest BCUT2D eigenvalue weighted by molar-refractivity contribution is -0.0511. The summed E-state index contributed by atoms with van der Waals surface area (Å²) in [5.74, 6) is -2.66. The van der Waals surface area contributed by atoms with Gasteiger partial charge >= 0.3 is 12.7 Å². The van der Waals surface area contributed by atoms with Gasteiger partial charge in [0.1, 0.15) is 17.2 Å². The van der Waals surface area contributed by atoms with Gasteiger partial charge in [0, 0.05) is 18.7 Å². The van der Waals surface area contributed by atoms with Crippen LogP contribution in [0.1, 0.15) is 37.9 Å². The molecule has 44 heavy (non-hydrogen) atoms. The molecule has 4 heterocycles. The number of aromatic nitrogens is 5. The molecule has 4 aromatic rings. The highest BCUT2D eigenvalue weighted by Crippen LogP contribution is 2.39. The van der Waals surface area contributed by atoms with E-state index >= 15 is 0 Å². The quantitative estimate of drug-likeness (QED) is 0.230. The number of aryl methyl sites for hydroxylation is 3. The summed E-state index contributed by atoms with van der Waals surface area (Å²) in [7, 11) is 3.07. The minimum absolute atomic E-state index is 0.00409. The summed E-state index contributed by atoms with van der Waals surface area (Å²) in [6.07, 6.45) is -0.712. The van der Waals surface area contributed by atoms with Crippen molar-refractivity contribution >= 4 is 23.4 Å². The Kier molecular flexibility index (Phi) is 7.84. The van der Waals surface area contributed by atoms with Gasteiger partial charge < -0.3 is 19.1 Å². The first kappa shape index (κ1) is 30.9. The first-order chi connectivity index (χ1) is 20.5. The minimum atomic E-state index is -3.11. The van der Waals surface area contributed by atoms with Crippen molar-refractivity contribution in [3.8, 4) is 22.6 Å². The molecule has 0 unspecified atom stereocenters. The first-order valence-corrected chi connectivity index (χ1v) is 13.7. The van der Waals surface area contributed by atoms with Crippen LogP contribution in [0.25, 0.3) is 16.8 Å². The van der Waals surface area contributed by atoms with Crippen LogP contribution in [0, 0.1) is 13.8 Å². The van der Waals surface area contributed by atoms with E-state index in [9.17, 15) is 22.4 Å². The molecule has 0 aliphatic carbocycles. The van der Waals surface area contributed by atoms with Gasteiger partial charge in [-0.3, -0.25) is 9.58 Å². The normalized spacial score (nSPS) is 14.6. The van der Waals surface area contributed by atoms with Gasteiger partial charge in [0.05, 0.1) is 43.8 Å². The van der Waals surface area contributed by atoms with E-state index in [0.29, 0.717) is 22.5 Å². The minimum Gasteiger partial charge on any atom is -0.493 e. The Morgan fingerprint density at radius 3 is 2.36 bits per heavy atom. The Balaban J connectivity index is 1.73. The molecular weight excluding hydrogens is 586 g/mol. The highest BCUT2D eigenvalue weighted by molar-refractivity contribution is 5.90. The Labute approximate surface area is 250 Å². The van der Waals surface area contributed by atoms with Crippen molar-refractivity contribution in [1.82, 2.24) is 24.4 Å². The largest absolute Gasteiger partial charge is 0.493 e. The Hall–Kier alpha value is -4.56. The zero-order valence-electron chi connectivity index (χ0n) is 25.4. The predicted octanol–water partition coefficient (Wildman–Crippen LogP) is 5.75. The summed E-state index contributed by atoms with van der Waals surface area (Å²) in [4.78, 5) is 21.2. The molecule has 1 aliphatic rings. The smallest absolute Gasteiger partial charge is 0.416 e. The number of anilines is 2. The third kappa shape index (κ3) is 6.21. The van der Waals surface area contributed by atoms with Crippen molar-refractivity contribution in [3.05, 3.63) is 47.4 Å². The van der Waals surface area contributed by atoms with Crippen LogP contribution in [0.15, 0.2) is 30.3 Å². The monoisotopic (exact) mass is 619 g/mol. The van der Waals surface area contributed by atoms with E-state index in [1.54, 1.807) is 45.5 Å². The number of amides is 1. The molecule has 1 amide bonds. The Morgan fingerprint density at radius 2 is 1.80 bits per heavy atom.